The van der Waals surface area contributed by atoms with Crippen LogP contribution in [0.4, 0.5) is 0 Å². The van der Waals surface area contributed by atoms with Crippen LogP contribution in [0.5, 0.6) is 0 Å². The van der Waals surface area contributed by atoms with E-state index in [4.69, 9.17) is 10.1 Å². The third-order valence-corrected chi connectivity index (χ3v) is 4.44. The molecule has 7 heteroatoms. The lowest BCUT2D eigenvalue weighted by atomic mass is 9.97. The van der Waals surface area contributed by atoms with E-state index in [0.717, 1.165) is 29.0 Å². The second kappa shape index (κ2) is 8.89. The molecule has 3 aromatic rings. The topological polar surface area (TPSA) is 99.1 Å². The van der Waals surface area contributed by atoms with Gasteiger partial charge in [0.2, 0.25) is 0 Å². The molecule has 3 aromatic heterocycles. The molecule has 0 radical (unpaired) electrons. The molecular weight excluding hydrogens is 376 g/mol. The highest BCUT2D eigenvalue weighted by atomic mass is 16.5. The van der Waals surface area contributed by atoms with Gasteiger partial charge < -0.3 is 19.9 Å². The fourth-order valence-corrected chi connectivity index (χ4v) is 3.04. The van der Waals surface area contributed by atoms with E-state index in [-0.39, 0.29) is 5.41 Å². The molecule has 154 valence electrons. The SMILES string of the molecule is COCc1cn2ccc(-c3nc(C#N)ccc3/C(C=N)=C/NCC(C)(C)C)cc2n1. The number of hydrogen-bond donors (Lipinski definition) is 2. The monoisotopic (exact) mass is 402 g/mol. The van der Waals surface area contributed by atoms with E-state index in [0.29, 0.717) is 23.6 Å². The predicted octanol–water partition coefficient (Wildman–Crippen LogP) is 4.04. The Morgan fingerprint density at radius 3 is 2.77 bits per heavy atom. The summed E-state index contributed by atoms with van der Waals surface area (Å²) in [7, 11) is 1.64. The number of nitrogens with zero attached hydrogens (tertiary/aromatic N) is 4. The molecule has 0 fully saturated rings. The Hall–Kier alpha value is -3.50. The molecule has 0 amide bonds. The first-order valence-electron chi connectivity index (χ1n) is 9.67. The van der Waals surface area contributed by atoms with E-state index in [1.54, 1.807) is 13.2 Å². The molecule has 0 aliphatic carbocycles. The van der Waals surface area contributed by atoms with Crippen molar-refractivity contribution in [3.05, 3.63) is 59.8 Å². The molecule has 3 rings (SSSR count). The molecular formula is C23H26N6O. The van der Waals surface area contributed by atoms with Crippen molar-refractivity contribution in [1.29, 1.82) is 10.7 Å². The van der Waals surface area contributed by atoms with Crippen LogP contribution in [-0.4, -0.2) is 34.2 Å². The van der Waals surface area contributed by atoms with Gasteiger partial charge in [0.15, 0.2) is 0 Å². The Labute approximate surface area is 176 Å². The maximum Gasteiger partial charge on any atom is 0.141 e. The van der Waals surface area contributed by atoms with Gasteiger partial charge in [0, 0.05) is 55.2 Å². The summed E-state index contributed by atoms with van der Waals surface area (Å²) in [6.45, 7) is 7.63. The van der Waals surface area contributed by atoms with E-state index >= 15 is 0 Å². The summed E-state index contributed by atoms with van der Waals surface area (Å²) in [5, 5.41) is 20.6. The van der Waals surface area contributed by atoms with Crippen LogP contribution >= 0.6 is 0 Å². The lowest BCUT2D eigenvalue weighted by molar-refractivity contribution is 0.182. The number of nitrogens with one attached hydrogen (secondary N) is 2. The average molecular weight is 403 g/mol. The summed E-state index contributed by atoms with van der Waals surface area (Å²) in [6, 6.07) is 9.47. The van der Waals surface area contributed by atoms with Gasteiger partial charge in [0.1, 0.15) is 17.4 Å². The van der Waals surface area contributed by atoms with E-state index in [1.807, 2.05) is 41.2 Å². The Kier molecular flexibility index (Phi) is 6.28. The first kappa shape index (κ1) is 21.2. The third-order valence-electron chi connectivity index (χ3n) is 4.44. The predicted molar refractivity (Wildman–Crippen MR) is 118 cm³/mol. The summed E-state index contributed by atoms with van der Waals surface area (Å²) in [6.07, 6.45) is 6.96. The minimum absolute atomic E-state index is 0.112. The van der Waals surface area contributed by atoms with E-state index < -0.39 is 0 Å². The maximum absolute atomic E-state index is 9.35. The van der Waals surface area contributed by atoms with Gasteiger partial charge in [-0.1, -0.05) is 20.8 Å². The molecule has 0 bridgehead atoms. The minimum Gasteiger partial charge on any atom is -0.390 e. The van der Waals surface area contributed by atoms with Gasteiger partial charge >= 0.3 is 0 Å². The number of ether oxygens (including phenoxy) is 1. The molecule has 0 unspecified atom stereocenters. The molecule has 0 atom stereocenters. The van der Waals surface area contributed by atoms with Crippen LogP contribution < -0.4 is 5.32 Å². The van der Waals surface area contributed by atoms with Crippen molar-refractivity contribution >= 4 is 17.4 Å². The summed E-state index contributed by atoms with van der Waals surface area (Å²) in [4.78, 5) is 9.12. The first-order valence-corrected chi connectivity index (χ1v) is 9.67. The second-order valence-electron chi connectivity index (χ2n) is 8.24. The summed E-state index contributed by atoms with van der Waals surface area (Å²) in [5.41, 5.74) is 4.96. The highest BCUT2D eigenvalue weighted by Gasteiger charge is 2.14. The van der Waals surface area contributed by atoms with Crippen molar-refractivity contribution in [3.63, 3.8) is 0 Å². The van der Waals surface area contributed by atoms with Crippen molar-refractivity contribution in [2.75, 3.05) is 13.7 Å². The van der Waals surface area contributed by atoms with Crippen LogP contribution in [0.25, 0.3) is 22.5 Å². The fraction of sp³-hybridized carbons (Fsp3) is 0.304. The van der Waals surface area contributed by atoms with Crippen LogP contribution in [0.2, 0.25) is 0 Å². The Morgan fingerprint density at radius 2 is 2.10 bits per heavy atom. The number of allylic oxidation sites excluding steroid dienone is 1. The molecule has 0 spiro atoms. The van der Waals surface area contributed by atoms with E-state index in [9.17, 15) is 5.26 Å². The Bertz CT molecular complexity index is 1130. The summed E-state index contributed by atoms with van der Waals surface area (Å²) < 4.78 is 7.09. The van der Waals surface area contributed by atoms with Crippen LogP contribution in [0.3, 0.4) is 0 Å². The molecule has 0 aliphatic rings. The van der Waals surface area contributed by atoms with Gasteiger partial charge in [-0.15, -0.1) is 0 Å². The minimum atomic E-state index is 0.112. The smallest absolute Gasteiger partial charge is 0.141 e. The number of rotatable bonds is 7. The molecule has 7 nitrogen and oxygen atoms in total. The van der Waals surface area contributed by atoms with E-state index in [2.05, 4.69) is 42.1 Å². The number of pyridine rings is 2. The van der Waals surface area contributed by atoms with Crippen molar-refractivity contribution < 1.29 is 4.74 Å². The lowest BCUT2D eigenvalue weighted by Gasteiger charge is -2.18. The zero-order chi connectivity index (χ0) is 21.7. The highest BCUT2D eigenvalue weighted by Crippen LogP contribution is 2.28. The number of methoxy groups -OCH3 is 1. The second-order valence-corrected chi connectivity index (χ2v) is 8.24. The summed E-state index contributed by atoms with van der Waals surface area (Å²) >= 11 is 0. The average Bonchev–Trinajstić information content (AvgIpc) is 3.12. The Balaban J connectivity index is 2.07. The van der Waals surface area contributed by atoms with Gasteiger partial charge in [0.25, 0.3) is 0 Å². The largest absolute Gasteiger partial charge is 0.390 e. The van der Waals surface area contributed by atoms with Gasteiger partial charge in [0.05, 0.1) is 18.0 Å². The number of imidazole rings is 1. The lowest BCUT2D eigenvalue weighted by Crippen LogP contribution is -2.23. The van der Waals surface area contributed by atoms with Crippen molar-refractivity contribution in [2.24, 2.45) is 5.41 Å². The van der Waals surface area contributed by atoms with Crippen LogP contribution in [0, 0.1) is 22.2 Å². The van der Waals surface area contributed by atoms with Gasteiger partial charge in [-0.3, -0.25) is 0 Å². The van der Waals surface area contributed by atoms with Crippen LogP contribution in [0.1, 0.15) is 37.7 Å². The van der Waals surface area contributed by atoms with Crippen molar-refractivity contribution in [2.45, 2.75) is 27.4 Å². The van der Waals surface area contributed by atoms with Crippen LogP contribution in [0.15, 0.2) is 42.9 Å². The fourth-order valence-electron chi connectivity index (χ4n) is 3.04. The van der Waals surface area contributed by atoms with Gasteiger partial charge in [-0.25, -0.2) is 9.97 Å². The molecule has 0 saturated heterocycles. The normalized spacial score (nSPS) is 12.0. The molecule has 2 N–H and O–H groups in total. The van der Waals surface area contributed by atoms with Gasteiger partial charge in [-0.2, -0.15) is 5.26 Å². The quantitative estimate of drug-likeness (QED) is 0.581. The molecule has 30 heavy (non-hydrogen) atoms. The Morgan fingerprint density at radius 1 is 1.30 bits per heavy atom. The van der Waals surface area contributed by atoms with E-state index in [1.165, 1.54) is 6.21 Å². The maximum atomic E-state index is 9.35. The molecule has 0 saturated carbocycles. The number of nitriles is 1. The molecule has 0 aliphatic heterocycles. The number of fused-ring (bicyclic) bond motifs is 1. The van der Waals surface area contributed by atoms with Crippen molar-refractivity contribution in [1.82, 2.24) is 19.7 Å². The standard InChI is InChI=1S/C23H26N6O/c1-23(2,3)15-26-12-17(10-24)20-6-5-18(11-25)28-22(20)16-7-8-29-13-19(14-30-4)27-21(29)9-16/h5-10,12-13,24,26H,14-15H2,1-4H3/b17-12+,24-10?. The van der Waals surface area contributed by atoms with Gasteiger partial charge in [-0.05, 0) is 29.7 Å². The van der Waals surface area contributed by atoms with Crippen LogP contribution in [-0.2, 0) is 11.3 Å². The zero-order valence-electron chi connectivity index (χ0n) is 17.7. The molecule has 3 heterocycles. The third kappa shape index (κ3) is 4.91. The first-order chi connectivity index (χ1) is 14.3. The number of aromatic nitrogens is 3. The highest BCUT2D eigenvalue weighted by molar-refractivity contribution is 6.10. The number of hydrogen-bond acceptors (Lipinski definition) is 6. The molecule has 0 aromatic carbocycles. The zero-order valence-corrected chi connectivity index (χ0v) is 17.7. The summed E-state index contributed by atoms with van der Waals surface area (Å²) in [5.74, 6) is 0. The van der Waals surface area contributed by atoms with Crippen molar-refractivity contribution in [3.8, 4) is 17.3 Å².